The number of fused-ring (bicyclic) bond motifs is 1. The van der Waals surface area contributed by atoms with Crippen molar-refractivity contribution in [1.29, 1.82) is 0 Å². The van der Waals surface area contributed by atoms with Gasteiger partial charge in [0.2, 0.25) is 0 Å². The highest BCUT2D eigenvalue weighted by Gasteiger charge is 2.22. The van der Waals surface area contributed by atoms with Crippen molar-refractivity contribution in [2.45, 2.75) is 43.8 Å². The summed E-state index contributed by atoms with van der Waals surface area (Å²) in [5.74, 6) is 0.250. The molecule has 0 atom stereocenters. The van der Waals surface area contributed by atoms with E-state index in [0.29, 0.717) is 17.9 Å². The first-order chi connectivity index (χ1) is 15.5. The predicted octanol–water partition coefficient (Wildman–Crippen LogP) is 4.12. The number of nitrogens with one attached hydrogen (secondary N) is 1. The van der Waals surface area contributed by atoms with Crippen LogP contribution in [0.25, 0.3) is 10.9 Å². The molecular formula is C23H26F2N2O5S. The molecule has 7 nitrogen and oxygen atoms in total. The number of aromatic nitrogens is 1. The summed E-state index contributed by atoms with van der Waals surface area (Å²) in [6.45, 7) is 4.74. The minimum absolute atomic E-state index is 0.111. The number of alkyl halides is 2. The van der Waals surface area contributed by atoms with Crippen molar-refractivity contribution in [3.63, 3.8) is 0 Å². The van der Waals surface area contributed by atoms with Crippen LogP contribution in [0.15, 0.2) is 59.6 Å². The number of hydrogen-bond donors (Lipinski definition) is 1. The Morgan fingerprint density at radius 1 is 1.12 bits per heavy atom. The van der Waals surface area contributed by atoms with Crippen molar-refractivity contribution < 1.29 is 31.5 Å². The second-order valence-electron chi connectivity index (χ2n) is 8.47. The molecule has 1 saturated heterocycles. The molecule has 178 valence electrons. The number of carbonyl (C=O) groups excluding carboxylic acids is 1. The molecule has 0 spiro atoms. The lowest BCUT2D eigenvalue weighted by atomic mass is 9.93. The smallest absolute Gasteiger partial charge is 0.387 e. The van der Waals surface area contributed by atoms with E-state index in [0.717, 1.165) is 28.5 Å². The van der Waals surface area contributed by atoms with Crippen molar-refractivity contribution >= 4 is 27.4 Å². The van der Waals surface area contributed by atoms with Crippen molar-refractivity contribution in [1.82, 2.24) is 9.29 Å². The average molecular weight is 481 g/mol. The van der Waals surface area contributed by atoms with Gasteiger partial charge in [-0.2, -0.15) is 8.78 Å². The van der Waals surface area contributed by atoms with Crippen molar-refractivity contribution in [3.05, 3.63) is 60.3 Å². The fourth-order valence-electron chi connectivity index (χ4n) is 3.19. The Morgan fingerprint density at radius 2 is 1.85 bits per heavy atom. The van der Waals surface area contributed by atoms with E-state index in [1.807, 2.05) is 32.9 Å². The van der Waals surface area contributed by atoms with Crippen LogP contribution in [0.3, 0.4) is 0 Å². The van der Waals surface area contributed by atoms with Crippen LogP contribution in [0, 0.1) is 0 Å². The van der Waals surface area contributed by atoms with Gasteiger partial charge in [0.05, 0.1) is 10.4 Å². The molecule has 0 bridgehead atoms. The Labute approximate surface area is 191 Å². The lowest BCUT2D eigenvalue weighted by molar-refractivity contribution is -0.138. The van der Waals surface area contributed by atoms with Crippen LogP contribution in [0.5, 0.6) is 5.75 Å². The highest BCUT2D eigenvalue weighted by molar-refractivity contribution is 7.90. The van der Waals surface area contributed by atoms with E-state index >= 15 is 0 Å². The second-order valence-corrected chi connectivity index (χ2v) is 10.3. The van der Waals surface area contributed by atoms with Gasteiger partial charge in [-0.1, -0.05) is 12.1 Å². The highest BCUT2D eigenvalue weighted by Crippen LogP contribution is 2.28. The van der Waals surface area contributed by atoms with Gasteiger partial charge in [0.15, 0.2) is 0 Å². The van der Waals surface area contributed by atoms with Crippen LogP contribution in [0.2, 0.25) is 0 Å². The molecule has 10 heteroatoms. The summed E-state index contributed by atoms with van der Waals surface area (Å²) in [7, 11) is -3.93. The quantitative estimate of drug-likeness (QED) is 0.534. The number of hydrogen-bond acceptors (Lipinski definition) is 6. The maximum atomic E-state index is 12.9. The number of halogens is 2. The molecule has 1 aliphatic heterocycles. The first-order valence-corrected chi connectivity index (χ1v) is 11.7. The van der Waals surface area contributed by atoms with Crippen LogP contribution in [0.1, 0.15) is 32.3 Å². The summed E-state index contributed by atoms with van der Waals surface area (Å²) in [4.78, 5) is 9.49. The Kier molecular flexibility index (Phi) is 7.38. The Hall–Kier alpha value is -2.98. The first-order valence-electron chi connectivity index (χ1n) is 10.2. The van der Waals surface area contributed by atoms with E-state index in [2.05, 4.69) is 14.8 Å². The summed E-state index contributed by atoms with van der Waals surface area (Å²) in [5.41, 5.74) is 1.39. The molecule has 0 aliphatic carbocycles. The largest absolute Gasteiger partial charge is 0.462 e. The van der Waals surface area contributed by atoms with E-state index in [4.69, 9.17) is 0 Å². The summed E-state index contributed by atoms with van der Waals surface area (Å²) in [6, 6.07) is 12.5. The second kappa shape index (κ2) is 9.88. The molecule has 0 amide bonds. The van der Waals surface area contributed by atoms with E-state index in [1.54, 1.807) is 12.1 Å². The lowest BCUT2D eigenvalue weighted by Crippen LogP contribution is -2.39. The number of rotatable bonds is 6. The zero-order chi connectivity index (χ0) is 24.2. The van der Waals surface area contributed by atoms with Crippen molar-refractivity contribution in [3.8, 4) is 5.75 Å². The summed E-state index contributed by atoms with van der Waals surface area (Å²) in [6.07, 6.45) is 1.48. The first kappa shape index (κ1) is 24.7. The maximum Gasteiger partial charge on any atom is 0.387 e. The third-order valence-electron chi connectivity index (χ3n) is 4.92. The molecule has 2 aromatic carbocycles. The molecule has 33 heavy (non-hydrogen) atoms. The molecule has 0 unspecified atom stereocenters. The third kappa shape index (κ3) is 6.08. The van der Waals surface area contributed by atoms with E-state index in [-0.39, 0.29) is 16.2 Å². The summed E-state index contributed by atoms with van der Waals surface area (Å²) < 4.78 is 60.7. The summed E-state index contributed by atoms with van der Waals surface area (Å²) >= 11 is 0. The molecule has 3 aromatic rings. The Bertz CT molecular complexity index is 1220. The topological polar surface area (TPSA) is 86.6 Å². The highest BCUT2D eigenvalue weighted by atomic mass is 32.2. The minimum Gasteiger partial charge on any atom is -0.462 e. The maximum absolute atomic E-state index is 12.9. The molecule has 1 N–H and O–H groups in total. The monoisotopic (exact) mass is 480 g/mol. The van der Waals surface area contributed by atoms with Crippen LogP contribution in [-0.2, 0) is 19.6 Å². The van der Waals surface area contributed by atoms with Gasteiger partial charge in [0.1, 0.15) is 11.4 Å². The molecule has 0 saturated carbocycles. The standard InChI is InChI=1S/C18H16F2N2O3S.C5H10O2/c19-18(20)25-15-2-1-3-16(9-15)26(23,24)22-7-6-13-8-12(4-5-17(13)22)14-10-21-11-14;1-5(2,3)7-4-6/h1-9,14,18,21H,10-11H2;4H,1-3H3. The van der Waals surface area contributed by atoms with Crippen molar-refractivity contribution in [2.24, 2.45) is 0 Å². The van der Waals surface area contributed by atoms with Gasteiger partial charge in [-0.25, -0.2) is 12.4 Å². The molecular weight excluding hydrogens is 454 g/mol. The fourth-order valence-corrected chi connectivity index (χ4v) is 4.58. The van der Waals surface area contributed by atoms with Gasteiger partial charge in [-0.15, -0.1) is 0 Å². The van der Waals surface area contributed by atoms with E-state index in [9.17, 15) is 22.0 Å². The van der Waals surface area contributed by atoms with Crippen molar-refractivity contribution in [2.75, 3.05) is 13.1 Å². The van der Waals surface area contributed by atoms with Crippen LogP contribution >= 0.6 is 0 Å². The van der Waals surface area contributed by atoms with Crippen LogP contribution in [-0.4, -0.2) is 44.2 Å². The normalized spacial score (nSPS) is 14.4. The van der Waals surface area contributed by atoms with Gasteiger partial charge in [0, 0.05) is 36.7 Å². The molecule has 0 radical (unpaired) electrons. The number of benzene rings is 2. The van der Waals surface area contributed by atoms with Gasteiger partial charge in [0.25, 0.3) is 16.5 Å². The number of ether oxygens (including phenoxy) is 2. The molecule has 1 aliphatic rings. The number of nitrogens with zero attached hydrogens (tertiary/aromatic N) is 1. The molecule has 1 aromatic heterocycles. The SMILES string of the molecule is CC(C)(C)OC=O.O=S(=O)(c1cccc(OC(F)F)c1)n1ccc2cc(C3CNC3)ccc21. The van der Waals surface area contributed by atoms with Crippen LogP contribution < -0.4 is 10.1 Å². The lowest BCUT2D eigenvalue weighted by Gasteiger charge is -2.27. The summed E-state index contributed by atoms with van der Waals surface area (Å²) in [5, 5.41) is 4.03. The zero-order valence-corrected chi connectivity index (χ0v) is 19.3. The van der Waals surface area contributed by atoms with Gasteiger partial charge < -0.3 is 14.8 Å². The van der Waals surface area contributed by atoms with Crippen LogP contribution in [0.4, 0.5) is 8.78 Å². The van der Waals surface area contributed by atoms with E-state index in [1.165, 1.54) is 30.0 Å². The Balaban J connectivity index is 0.000000383. The minimum atomic E-state index is -3.93. The van der Waals surface area contributed by atoms with E-state index < -0.39 is 16.6 Å². The predicted molar refractivity (Wildman–Crippen MR) is 120 cm³/mol. The number of carbonyl (C=O) groups is 1. The van der Waals surface area contributed by atoms with Gasteiger partial charge >= 0.3 is 6.61 Å². The average Bonchev–Trinajstić information content (AvgIpc) is 3.10. The molecule has 2 heterocycles. The fraction of sp³-hybridized carbons (Fsp3) is 0.348. The molecule has 4 rings (SSSR count). The molecule has 1 fully saturated rings. The zero-order valence-electron chi connectivity index (χ0n) is 18.5. The van der Waals surface area contributed by atoms with Gasteiger partial charge in [-0.3, -0.25) is 4.79 Å². The third-order valence-corrected chi connectivity index (χ3v) is 6.61. The van der Waals surface area contributed by atoms with Gasteiger partial charge in [-0.05, 0) is 56.7 Å². The Morgan fingerprint density at radius 3 is 2.39 bits per heavy atom.